The van der Waals surface area contributed by atoms with Gasteiger partial charge in [-0.1, -0.05) is 6.92 Å². The maximum absolute atomic E-state index is 12.0. The molecule has 0 aliphatic carbocycles. The zero-order chi connectivity index (χ0) is 13.9. The summed E-state index contributed by atoms with van der Waals surface area (Å²) in [5, 5.41) is 12.2. The van der Waals surface area contributed by atoms with E-state index in [1.807, 2.05) is 16.5 Å². The Bertz CT molecular complexity index is 436. The molecule has 19 heavy (non-hydrogen) atoms. The summed E-state index contributed by atoms with van der Waals surface area (Å²) >= 11 is 0. The molecule has 6 nitrogen and oxygen atoms in total. The van der Waals surface area contributed by atoms with Crippen molar-refractivity contribution in [3.8, 4) is 0 Å². The van der Waals surface area contributed by atoms with Crippen LogP contribution < -0.4 is 5.32 Å². The molecule has 6 heteroatoms. The Labute approximate surface area is 113 Å². The summed E-state index contributed by atoms with van der Waals surface area (Å²) in [6.45, 7) is 4.15. The Morgan fingerprint density at radius 3 is 2.74 bits per heavy atom. The lowest BCUT2D eigenvalue weighted by molar-refractivity contribution is 0.0699. The molecule has 1 fully saturated rings. The zero-order valence-electron chi connectivity index (χ0n) is 11.6. The zero-order valence-corrected chi connectivity index (χ0v) is 11.6. The molecule has 2 rings (SSSR count). The normalized spacial score (nSPS) is 18.4. The van der Waals surface area contributed by atoms with E-state index in [0.29, 0.717) is 19.6 Å². The molecular formula is C13H22N4O2. The highest BCUT2D eigenvalue weighted by Crippen LogP contribution is 2.29. The smallest absolute Gasteiger partial charge is 0.317 e. The average Bonchev–Trinajstić information content (AvgIpc) is 2.82. The molecule has 0 saturated carbocycles. The number of aliphatic hydroxyl groups is 1. The van der Waals surface area contributed by atoms with Crippen molar-refractivity contribution in [1.82, 2.24) is 19.8 Å². The SMILES string of the molecule is Cn1cncc1CNC(=O)N1CCC(C)(CO)CC1. The van der Waals surface area contributed by atoms with E-state index < -0.39 is 0 Å². The number of likely N-dealkylation sites (tertiary alicyclic amines) is 1. The molecule has 1 saturated heterocycles. The fraction of sp³-hybridized carbons (Fsp3) is 0.692. The maximum atomic E-state index is 12.0. The number of nitrogens with one attached hydrogen (secondary N) is 1. The Morgan fingerprint density at radius 2 is 2.21 bits per heavy atom. The monoisotopic (exact) mass is 266 g/mol. The quantitative estimate of drug-likeness (QED) is 0.847. The van der Waals surface area contributed by atoms with Gasteiger partial charge in [0, 0.05) is 32.9 Å². The highest BCUT2D eigenvalue weighted by atomic mass is 16.3. The average molecular weight is 266 g/mol. The van der Waals surface area contributed by atoms with Gasteiger partial charge in [0.25, 0.3) is 0 Å². The summed E-state index contributed by atoms with van der Waals surface area (Å²) in [7, 11) is 1.90. The number of urea groups is 1. The van der Waals surface area contributed by atoms with E-state index in [-0.39, 0.29) is 18.1 Å². The second-order valence-electron chi connectivity index (χ2n) is 5.61. The molecule has 2 amide bonds. The lowest BCUT2D eigenvalue weighted by Crippen LogP contribution is -2.47. The van der Waals surface area contributed by atoms with Gasteiger partial charge in [0.15, 0.2) is 0 Å². The van der Waals surface area contributed by atoms with Gasteiger partial charge in [-0.3, -0.25) is 0 Å². The minimum Gasteiger partial charge on any atom is -0.396 e. The van der Waals surface area contributed by atoms with Gasteiger partial charge in [0.2, 0.25) is 0 Å². The molecule has 0 radical (unpaired) electrons. The number of hydrogen-bond acceptors (Lipinski definition) is 3. The molecule has 1 aliphatic heterocycles. The first kappa shape index (κ1) is 13.9. The first-order chi connectivity index (χ1) is 9.04. The molecule has 0 aromatic carbocycles. The Balaban J connectivity index is 1.80. The van der Waals surface area contributed by atoms with Crippen molar-refractivity contribution in [2.75, 3.05) is 19.7 Å². The molecule has 1 aromatic rings. The Morgan fingerprint density at radius 1 is 1.53 bits per heavy atom. The second-order valence-corrected chi connectivity index (χ2v) is 5.61. The molecule has 1 aromatic heterocycles. The standard InChI is InChI=1S/C13H22N4O2/c1-13(9-18)3-5-17(6-4-13)12(19)15-8-11-7-14-10-16(11)2/h7,10,18H,3-6,8-9H2,1-2H3,(H,15,19). The van der Waals surface area contributed by atoms with Crippen molar-refractivity contribution >= 4 is 6.03 Å². The van der Waals surface area contributed by atoms with Gasteiger partial charge >= 0.3 is 6.03 Å². The van der Waals surface area contributed by atoms with Gasteiger partial charge in [-0.15, -0.1) is 0 Å². The van der Waals surface area contributed by atoms with Gasteiger partial charge in [-0.05, 0) is 18.3 Å². The number of hydrogen-bond donors (Lipinski definition) is 2. The fourth-order valence-corrected chi connectivity index (χ4v) is 2.24. The third-order valence-electron chi connectivity index (χ3n) is 3.98. The molecule has 0 bridgehead atoms. The van der Waals surface area contributed by atoms with Crippen molar-refractivity contribution < 1.29 is 9.90 Å². The van der Waals surface area contributed by atoms with Crippen LogP contribution in [0.3, 0.4) is 0 Å². The summed E-state index contributed by atoms with van der Waals surface area (Å²) < 4.78 is 1.89. The Kier molecular flexibility index (Phi) is 4.09. The number of carbonyl (C=O) groups excluding carboxylic acids is 1. The van der Waals surface area contributed by atoms with Crippen molar-refractivity contribution in [1.29, 1.82) is 0 Å². The molecule has 106 valence electrons. The van der Waals surface area contributed by atoms with Gasteiger partial charge in [-0.25, -0.2) is 9.78 Å². The van der Waals surface area contributed by atoms with Gasteiger partial charge < -0.3 is 19.9 Å². The maximum Gasteiger partial charge on any atom is 0.317 e. The van der Waals surface area contributed by atoms with E-state index >= 15 is 0 Å². The molecule has 1 aliphatic rings. The molecule has 2 N–H and O–H groups in total. The largest absolute Gasteiger partial charge is 0.396 e. The number of nitrogens with zero attached hydrogens (tertiary/aromatic N) is 3. The van der Waals surface area contributed by atoms with Crippen molar-refractivity contribution in [3.63, 3.8) is 0 Å². The minimum absolute atomic E-state index is 0.0290. The van der Waals surface area contributed by atoms with Gasteiger partial charge in [-0.2, -0.15) is 0 Å². The second kappa shape index (κ2) is 5.61. The number of piperidine rings is 1. The van der Waals surface area contributed by atoms with E-state index in [1.165, 1.54) is 0 Å². The summed E-state index contributed by atoms with van der Waals surface area (Å²) in [6, 6.07) is -0.0406. The van der Waals surface area contributed by atoms with Crippen molar-refractivity contribution in [2.24, 2.45) is 12.5 Å². The van der Waals surface area contributed by atoms with Crippen LogP contribution in [0.1, 0.15) is 25.5 Å². The lowest BCUT2D eigenvalue weighted by atomic mass is 9.81. The molecular weight excluding hydrogens is 244 g/mol. The summed E-state index contributed by atoms with van der Waals surface area (Å²) in [5.41, 5.74) is 0.948. The van der Waals surface area contributed by atoms with Crippen LogP contribution in [0, 0.1) is 5.41 Å². The molecule has 0 atom stereocenters. The van der Waals surface area contributed by atoms with Crippen LogP contribution in [0.15, 0.2) is 12.5 Å². The first-order valence-electron chi connectivity index (χ1n) is 6.63. The number of carbonyl (C=O) groups is 1. The lowest BCUT2D eigenvalue weighted by Gasteiger charge is -2.38. The molecule has 0 unspecified atom stereocenters. The number of rotatable bonds is 3. The van der Waals surface area contributed by atoms with Crippen LogP contribution in [0.25, 0.3) is 0 Å². The highest BCUT2D eigenvalue weighted by molar-refractivity contribution is 5.74. The summed E-state index contributed by atoms with van der Waals surface area (Å²) in [6.07, 6.45) is 5.17. The third kappa shape index (κ3) is 3.26. The number of amides is 2. The van der Waals surface area contributed by atoms with E-state index in [0.717, 1.165) is 18.5 Å². The number of imidazole rings is 1. The van der Waals surface area contributed by atoms with E-state index in [4.69, 9.17) is 0 Å². The topological polar surface area (TPSA) is 70.4 Å². The molecule has 0 spiro atoms. The van der Waals surface area contributed by atoms with E-state index in [2.05, 4.69) is 17.2 Å². The number of aliphatic hydroxyl groups excluding tert-OH is 1. The van der Waals surface area contributed by atoms with Crippen LogP contribution in [0.4, 0.5) is 4.79 Å². The van der Waals surface area contributed by atoms with Crippen LogP contribution in [0.5, 0.6) is 0 Å². The number of aryl methyl sites for hydroxylation is 1. The van der Waals surface area contributed by atoms with E-state index in [1.54, 1.807) is 12.5 Å². The van der Waals surface area contributed by atoms with Crippen molar-refractivity contribution in [3.05, 3.63) is 18.2 Å². The third-order valence-corrected chi connectivity index (χ3v) is 3.98. The van der Waals surface area contributed by atoms with Crippen LogP contribution in [-0.4, -0.2) is 45.3 Å². The summed E-state index contributed by atoms with van der Waals surface area (Å²) in [5.74, 6) is 0. The predicted octanol–water partition coefficient (Wildman–Crippen LogP) is 0.724. The van der Waals surface area contributed by atoms with Crippen LogP contribution >= 0.6 is 0 Å². The van der Waals surface area contributed by atoms with Crippen LogP contribution in [-0.2, 0) is 13.6 Å². The minimum atomic E-state index is -0.0406. The number of aromatic nitrogens is 2. The predicted molar refractivity (Wildman–Crippen MR) is 71.4 cm³/mol. The fourth-order valence-electron chi connectivity index (χ4n) is 2.24. The van der Waals surface area contributed by atoms with Crippen LogP contribution in [0.2, 0.25) is 0 Å². The Hall–Kier alpha value is -1.56. The first-order valence-corrected chi connectivity index (χ1v) is 6.63. The van der Waals surface area contributed by atoms with Crippen molar-refractivity contribution in [2.45, 2.75) is 26.3 Å². The van der Waals surface area contributed by atoms with Gasteiger partial charge in [0.1, 0.15) is 0 Å². The highest BCUT2D eigenvalue weighted by Gasteiger charge is 2.31. The molecule has 2 heterocycles. The van der Waals surface area contributed by atoms with E-state index in [9.17, 15) is 9.90 Å². The van der Waals surface area contributed by atoms with Gasteiger partial charge in [0.05, 0.1) is 18.6 Å². The summed E-state index contributed by atoms with van der Waals surface area (Å²) in [4.78, 5) is 17.9.